The van der Waals surface area contributed by atoms with Crippen molar-refractivity contribution in [3.05, 3.63) is 54.1 Å². The molecule has 2 amide bonds. The van der Waals surface area contributed by atoms with E-state index in [0.717, 1.165) is 6.07 Å². The van der Waals surface area contributed by atoms with Crippen molar-refractivity contribution in [2.75, 3.05) is 31.7 Å². The zero-order chi connectivity index (χ0) is 21.2. The molecule has 1 aliphatic rings. The van der Waals surface area contributed by atoms with E-state index in [1.807, 2.05) is 0 Å². The highest BCUT2D eigenvalue weighted by Crippen LogP contribution is 2.25. The minimum absolute atomic E-state index is 0.0550. The van der Waals surface area contributed by atoms with Gasteiger partial charge in [0.1, 0.15) is 11.6 Å². The standard InChI is InChI=1S/C20H23F2N3O3S/c1-24(17-9-11-25(12-10-17)29(2,27)28)20(26)23-16-6-3-14(4-7-16)18-8-5-15(21)13-19(18)22/h3-8,13,17H,9-12H2,1-2H3,(H,23,26). The van der Waals surface area contributed by atoms with Crippen molar-refractivity contribution in [3.8, 4) is 11.1 Å². The lowest BCUT2D eigenvalue weighted by Crippen LogP contribution is -2.48. The third kappa shape index (κ3) is 5.10. The van der Waals surface area contributed by atoms with Crippen LogP contribution in [0.25, 0.3) is 11.1 Å². The van der Waals surface area contributed by atoms with E-state index in [1.165, 1.54) is 22.7 Å². The van der Waals surface area contributed by atoms with Gasteiger partial charge in [-0.2, -0.15) is 0 Å². The smallest absolute Gasteiger partial charge is 0.321 e. The van der Waals surface area contributed by atoms with E-state index in [1.54, 1.807) is 36.2 Å². The molecule has 156 valence electrons. The van der Waals surface area contributed by atoms with Crippen LogP contribution >= 0.6 is 0 Å². The van der Waals surface area contributed by atoms with Crippen LogP contribution in [0, 0.1) is 11.6 Å². The monoisotopic (exact) mass is 423 g/mol. The number of hydrogen-bond acceptors (Lipinski definition) is 3. The molecular formula is C20H23F2N3O3S. The molecule has 2 aromatic rings. The van der Waals surface area contributed by atoms with Crippen molar-refractivity contribution in [1.29, 1.82) is 0 Å². The third-order valence-corrected chi connectivity index (χ3v) is 6.44. The van der Waals surface area contributed by atoms with Crippen LogP contribution in [0.4, 0.5) is 19.3 Å². The minimum Gasteiger partial charge on any atom is -0.325 e. The van der Waals surface area contributed by atoms with E-state index < -0.39 is 21.7 Å². The maximum absolute atomic E-state index is 13.9. The number of rotatable bonds is 4. The average molecular weight is 423 g/mol. The second-order valence-electron chi connectivity index (χ2n) is 7.14. The molecule has 1 heterocycles. The summed E-state index contributed by atoms with van der Waals surface area (Å²) in [5.41, 5.74) is 1.39. The van der Waals surface area contributed by atoms with Gasteiger partial charge in [0.25, 0.3) is 0 Å². The van der Waals surface area contributed by atoms with Gasteiger partial charge >= 0.3 is 6.03 Å². The summed E-state index contributed by atoms with van der Waals surface area (Å²) >= 11 is 0. The molecule has 0 radical (unpaired) electrons. The van der Waals surface area contributed by atoms with Gasteiger partial charge in [0.15, 0.2) is 0 Å². The molecule has 1 fully saturated rings. The quantitative estimate of drug-likeness (QED) is 0.818. The van der Waals surface area contributed by atoms with Gasteiger partial charge in [-0.15, -0.1) is 0 Å². The van der Waals surface area contributed by atoms with E-state index >= 15 is 0 Å². The molecule has 0 unspecified atom stereocenters. The number of urea groups is 1. The van der Waals surface area contributed by atoms with Crippen LogP contribution in [0.3, 0.4) is 0 Å². The molecule has 0 spiro atoms. The second kappa shape index (κ2) is 8.46. The van der Waals surface area contributed by atoms with Crippen molar-refractivity contribution in [2.24, 2.45) is 0 Å². The third-order valence-electron chi connectivity index (χ3n) is 5.14. The predicted molar refractivity (Wildman–Crippen MR) is 108 cm³/mol. The highest BCUT2D eigenvalue weighted by molar-refractivity contribution is 7.88. The summed E-state index contributed by atoms with van der Waals surface area (Å²) in [5.74, 6) is -1.29. The Bertz CT molecular complexity index is 989. The van der Waals surface area contributed by atoms with Gasteiger partial charge in [0.05, 0.1) is 6.26 Å². The summed E-state index contributed by atoms with van der Waals surface area (Å²) in [6.07, 6.45) is 2.32. The van der Waals surface area contributed by atoms with Gasteiger partial charge in [-0.25, -0.2) is 26.3 Å². The largest absolute Gasteiger partial charge is 0.325 e. The number of amides is 2. The normalized spacial score (nSPS) is 15.9. The fourth-order valence-corrected chi connectivity index (χ4v) is 4.27. The fourth-order valence-electron chi connectivity index (χ4n) is 3.40. The Morgan fingerprint density at radius 2 is 1.72 bits per heavy atom. The molecule has 6 nitrogen and oxygen atoms in total. The molecule has 0 saturated carbocycles. The molecule has 0 atom stereocenters. The van der Waals surface area contributed by atoms with Crippen LogP contribution in [0.2, 0.25) is 0 Å². The Morgan fingerprint density at radius 1 is 1.10 bits per heavy atom. The van der Waals surface area contributed by atoms with Crippen LogP contribution in [0.5, 0.6) is 0 Å². The van der Waals surface area contributed by atoms with Crippen molar-refractivity contribution < 1.29 is 22.0 Å². The highest BCUT2D eigenvalue weighted by Gasteiger charge is 2.29. The summed E-state index contributed by atoms with van der Waals surface area (Å²) < 4.78 is 51.6. The Labute approximate surface area is 169 Å². The Morgan fingerprint density at radius 3 is 2.28 bits per heavy atom. The SMILES string of the molecule is CN(C(=O)Nc1ccc(-c2ccc(F)cc2F)cc1)C1CCN(S(C)(=O)=O)CC1. The molecule has 1 aliphatic heterocycles. The molecule has 1 saturated heterocycles. The number of nitrogens with zero attached hydrogens (tertiary/aromatic N) is 2. The number of piperidine rings is 1. The number of benzene rings is 2. The van der Waals surface area contributed by atoms with E-state index in [2.05, 4.69) is 5.32 Å². The molecular weight excluding hydrogens is 400 g/mol. The molecule has 29 heavy (non-hydrogen) atoms. The van der Waals surface area contributed by atoms with Crippen LogP contribution in [0.1, 0.15) is 12.8 Å². The van der Waals surface area contributed by atoms with Gasteiger partial charge in [0, 0.05) is 43.5 Å². The van der Waals surface area contributed by atoms with Crippen LogP contribution in [-0.4, -0.2) is 56.1 Å². The first-order chi connectivity index (χ1) is 13.6. The summed E-state index contributed by atoms with van der Waals surface area (Å²) in [6, 6.07) is 9.63. The summed E-state index contributed by atoms with van der Waals surface area (Å²) in [7, 11) is -1.53. The Hall–Kier alpha value is -2.52. The molecule has 0 aromatic heterocycles. The van der Waals surface area contributed by atoms with E-state index in [-0.39, 0.29) is 17.6 Å². The Balaban J connectivity index is 1.60. The summed E-state index contributed by atoms with van der Waals surface area (Å²) in [6.45, 7) is 0.776. The number of anilines is 1. The minimum atomic E-state index is -3.21. The zero-order valence-corrected chi connectivity index (χ0v) is 17.0. The predicted octanol–water partition coefficient (Wildman–Crippen LogP) is 3.52. The van der Waals surface area contributed by atoms with Gasteiger partial charge in [-0.05, 0) is 42.7 Å². The summed E-state index contributed by atoms with van der Waals surface area (Å²) in [5, 5.41) is 2.78. The van der Waals surface area contributed by atoms with Crippen molar-refractivity contribution in [1.82, 2.24) is 9.21 Å². The Kier molecular flexibility index (Phi) is 6.18. The first-order valence-corrected chi connectivity index (χ1v) is 11.0. The topological polar surface area (TPSA) is 69.7 Å². The molecule has 0 aliphatic carbocycles. The first-order valence-electron chi connectivity index (χ1n) is 9.19. The van der Waals surface area contributed by atoms with Crippen LogP contribution < -0.4 is 5.32 Å². The van der Waals surface area contributed by atoms with Crippen molar-refractivity contribution >= 4 is 21.7 Å². The summed E-state index contributed by atoms with van der Waals surface area (Å²) in [4.78, 5) is 14.1. The second-order valence-corrected chi connectivity index (χ2v) is 9.12. The van der Waals surface area contributed by atoms with E-state index in [9.17, 15) is 22.0 Å². The number of hydrogen-bond donors (Lipinski definition) is 1. The van der Waals surface area contributed by atoms with Crippen molar-refractivity contribution in [2.45, 2.75) is 18.9 Å². The average Bonchev–Trinajstić information content (AvgIpc) is 2.67. The van der Waals surface area contributed by atoms with Crippen molar-refractivity contribution in [3.63, 3.8) is 0 Å². The van der Waals surface area contributed by atoms with Gasteiger partial charge in [-0.1, -0.05) is 12.1 Å². The number of sulfonamides is 1. The number of carbonyl (C=O) groups excluding carboxylic acids is 1. The van der Waals surface area contributed by atoms with Gasteiger partial charge in [0.2, 0.25) is 10.0 Å². The van der Waals surface area contributed by atoms with Crippen LogP contribution in [-0.2, 0) is 10.0 Å². The zero-order valence-electron chi connectivity index (χ0n) is 16.2. The number of carbonyl (C=O) groups is 1. The van der Waals surface area contributed by atoms with E-state index in [0.29, 0.717) is 37.2 Å². The number of nitrogens with one attached hydrogen (secondary N) is 1. The lowest BCUT2D eigenvalue weighted by molar-refractivity contribution is 0.174. The lowest BCUT2D eigenvalue weighted by Gasteiger charge is -2.35. The first kappa shape index (κ1) is 21.2. The highest BCUT2D eigenvalue weighted by atomic mass is 32.2. The lowest BCUT2D eigenvalue weighted by atomic mass is 10.0. The molecule has 9 heteroatoms. The molecule has 0 bridgehead atoms. The van der Waals surface area contributed by atoms with E-state index in [4.69, 9.17) is 0 Å². The van der Waals surface area contributed by atoms with Crippen LogP contribution in [0.15, 0.2) is 42.5 Å². The number of halogens is 2. The van der Waals surface area contributed by atoms with Gasteiger partial charge < -0.3 is 10.2 Å². The molecule has 3 rings (SSSR count). The maximum Gasteiger partial charge on any atom is 0.321 e. The fraction of sp³-hybridized carbons (Fsp3) is 0.350. The molecule has 2 aromatic carbocycles. The maximum atomic E-state index is 13.9. The molecule has 1 N–H and O–H groups in total. The van der Waals surface area contributed by atoms with Gasteiger partial charge in [-0.3, -0.25) is 0 Å².